The first kappa shape index (κ1) is 24.9. The van der Waals surface area contributed by atoms with Crippen LogP contribution in [0.3, 0.4) is 0 Å². The van der Waals surface area contributed by atoms with E-state index in [1.54, 1.807) is 19.5 Å². The Bertz CT molecular complexity index is 1020. The van der Waals surface area contributed by atoms with Crippen LogP contribution in [0.25, 0.3) is 11.0 Å². The van der Waals surface area contributed by atoms with Gasteiger partial charge in [0.25, 0.3) is 5.91 Å². The van der Waals surface area contributed by atoms with E-state index < -0.39 is 0 Å². The molecule has 0 spiro atoms. The summed E-state index contributed by atoms with van der Waals surface area (Å²) < 4.78 is 7.43. The summed E-state index contributed by atoms with van der Waals surface area (Å²) in [5.41, 5.74) is 2.41. The van der Waals surface area contributed by atoms with Crippen LogP contribution >= 0.6 is 24.8 Å². The number of para-hydroxylation sites is 1. The molecule has 1 fully saturated rings. The summed E-state index contributed by atoms with van der Waals surface area (Å²) in [7, 11) is 1.66. The minimum absolute atomic E-state index is 0. The SMILES string of the molecule is COc1ccccc1C1CNCCN1C(=O)c1cnc2c(cnn2CC(C)C)c1.Cl.Cl. The summed E-state index contributed by atoms with van der Waals surface area (Å²) in [4.78, 5) is 19.9. The average molecular weight is 466 g/mol. The Kier molecular flexibility index (Phi) is 8.68. The molecule has 3 heterocycles. The summed E-state index contributed by atoms with van der Waals surface area (Å²) in [5, 5.41) is 8.72. The molecule has 0 bridgehead atoms. The van der Waals surface area contributed by atoms with Gasteiger partial charge in [0.15, 0.2) is 5.65 Å². The normalized spacial score (nSPS) is 16.0. The van der Waals surface area contributed by atoms with Crippen molar-refractivity contribution in [3.63, 3.8) is 0 Å². The van der Waals surface area contributed by atoms with Crippen LogP contribution in [0.4, 0.5) is 0 Å². The first-order valence-corrected chi connectivity index (χ1v) is 10.0. The number of amides is 1. The van der Waals surface area contributed by atoms with Crippen molar-refractivity contribution in [2.75, 3.05) is 26.7 Å². The predicted octanol–water partition coefficient (Wildman–Crippen LogP) is 3.73. The fourth-order valence-corrected chi connectivity index (χ4v) is 3.90. The number of ether oxygens (including phenoxy) is 1. The second kappa shape index (κ2) is 10.8. The van der Waals surface area contributed by atoms with Crippen LogP contribution in [-0.4, -0.2) is 52.3 Å². The Balaban J connectivity index is 0.00000171. The van der Waals surface area contributed by atoms with E-state index in [0.29, 0.717) is 24.6 Å². The van der Waals surface area contributed by atoms with E-state index >= 15 is 0 Å². The number of hydrogen-bond donors (Lipinski definition) is 1. The number of fused-ring (bicyclic) bond motifs is 1. The quantitative estimate of drug-likeness (QED) is 0.621. The number of carbonyl (C=O) groups excluding carboxylic acids is 1. The van der Waals surface area contributed by atoms with Gasteiger partial charge in [-0.25, -0.2) is 9.67 Å². The highest BCUT2D eigenvalue weighted by Crippen LogP contribution is 2.31. The molecule has 1 aliphatic rings. The molecule has 0 saturated carbocycles. The lowest BCUT2D eigenvalue weighted by molar-refractivity contribution is 0.0631. The topological polar surface area (TPSA) is 72.3 Å². The van der Waals surface area contributed by atoms with Crippen molar-refractivity contribution in [1.82, 2.24) is 25.0 Å². The van der Waals surface area contributed by atoms with Gasteiger partial charge in [-0.05, 0) is 18.1 Å². The predicted molar refractivity (Wildman–Crippen MR) is 127 cm³/mol. The maximum absolute atomic E-state index is 13.4. The number of halogens is 2. The van der Waals surface area contributed by atoms with E-state index in [1.807, 2.05) is 39.9 Å². The van der Waals surface area contributed by atoms with Crippen LogP contribution in [0.1, 0.15) is 35.8 Å². The molecule has 1 atom stereocenters. The van der Waals surface area contributed by atoms with Gasteiger partial charge in [0.1, 0.15) is 5.75 Å². The number of carbonyl (C=O) groups is 1. The summed E-state index contributed by atoms with van der Waals surface area (Å²) in [6.07, 6.45) is 3.46. The Morgan fingerprint density at radius 2 is 2.03 bits per heavy atom. The minimum Gasteiger partial charge on any atom is -0.496 e. The van der Waals surface area contributed by atoms with Gasteiger partial charge in [-0.3, -0.25) is 4.79 Å². The van der Waals surface area contributed by atoms with Crippen molar-refractivity contribution in [3.05, 3.63) is 53.9 Å². The summed E-state index contributed by atoms with van der Waals surface area (Å²) in [5.74, 6) is 1.25. The molecule has 4 rings (SSSR count). The molecule has 3 aromatic rings. The lowest BCUT2D eigenvalue weighted by Crippen LogP contribution is -2.48. The van der Waals surface area contributed by atoms with E-state index in [-0.39, 0.29) is 36.8 Å². The number of methoxy groups -OCH3 is 1. The molecule has 1 amide bonds. The smallest absolute Gasteiger partial charge is 0.256 e. The second-order valence-electron chi connectivity index (χ2n) is 7.82. The van der Waals surface area contributed by atoms with Crippen molar-refractivity contribution in [2.24, 2.45) is 5.92 Å². The van der Waals surface area contributed by atoms with Crippen LogP contribution in [0, 0.1) is 5.92 Å². The minimum atomic E-state index is -0.0910. The fourth-order valence-electron chi connectivity index (χ4n) is 3.90. The van der Waals surface area contributed by atoms with Crippen LogP contribution in [0.15, 0.2) is 42.7 Å². The van der Waals surface area contributed by atoms with Crippen molar-refractivity contribution in [3.8, 4) is 5.75 Å². The number of benzene rings is 1. The van der Waals surface area contributed by atoms with Gasteiger partial charge >= 0.3 is 0 Å². The van der Waals surface area contributed by atoms with Crippen LogP contribution < -0.4 is 10.1 Å². The van der Waals surface area contributed by atoms with Gasteiger partial charge in [-0.2, -0.15) is 5.10 Å². The molecule has 31 heavy (non-hydrogen) atoms. The molecule has 168 valence electrons. The molecule has 0 aliphatic carbocycles. The monoisotopic (exact) mass is 465 g/mol. The van der Waals surface area contributed by atoms with Gasteiger partial charge < -0.3 is 15.0 Å². The highest BCUT2D eigenvalue weighted by Gasteiger charge is 2.30. The number of nitrogens with zero attached hydrogens (tertiary/aromatic N) is 4. The lowest BCUT2D eigenvalue weighted by Gasteiger charge is -2.37. The zero-order chi connectivity index (χ0) is 20.4. The highest BCUT2D eigenvalue weighted by molar-refractivity contribution is 5.97. The van der Waals surface area contributed by atoms with E-state index in [4.69, 9.17) is 4.74 Å². The lowest BCUT2D eigenvalue weighted by atomic mass is 10.0. The fraction of sp³-hybridized carbons (Fsp3) is 0.409. The molecule has 7 nitrogen and oxygen atoms in total. The zero-order valence-corrected chi connectivity index (χ0v) is 19.6. The van der Waals surface area contributed by atoms with E-state index in [0.717, 1.165) is 35.4 Å². The Morgan fingerprint density at radius 1 is 1.26 bits per heavy atom. The van der Waals surface area contributed by atoms with Crippen molar-refractivity contribution < 1.29 is 9.53 Å². The largest absolute Gasteiger partial charge is 0.496 e. The van der Waals surface area contributed by atoms with E-state index in [1.165, 1.54) is 0 Å². The third-order valence-electron chi connectivity index (χ3n) is 5.26. The molecule has 1 N–H and O–H groups in total. The Morgan fingerprint density at radius 3 is 2.77 bits per heavy atom. The molecular formula is C22H29Cl2N5O2. The number of rotatable bonds is 5. The van der Waals surface area contributed by atoms with Crippen molar-refractivity contribution >= 4 is 41.8 Å². The molecule has 9 heteroatoms. The van der Waals surface area contributed by atoms with Crippen LogP contribution in [0.2, 0.25) is 0 Å². The van der Waals surface area contributed by atoms with Gasteiger partial charge in [0, 0.05) is 43.3 Å². The maximum atomic E-state index is 13.4. The maximum Gasteiger partial charge on any atom is 0.256 e. The Labute approximate surface area is 195 Å². The molecule has 1 aliphatic heterocycles. The number of hydrogen-bond acceptors (Lipinski definition) is 5. The zero-order valence-electron chi connectivity index (χ0n) is 17.9. The van der Waals surface area contributed by atoms with Gasteiger partial charge in [0.05, 0.1) is 24.9 Å². The second-order valence-corrected chi connectivity index (χ2v) is 7.82. The van der Waals surface area contributed by atoms with Crippen molar-refractivity contribution in [2.45, 2.75) is 26.4 Å². The number of aromatic nitrogens is 3. The molecule has 1 saturated heterocycles. The highest BCUT2D eigenvalue weighted by atomic mass is 35.5. The first-order chi connectivity index (χ1) is 14.1. The van der Waals surface area contributed by atoms with Crippen molar-refractivity contribution in [1.29, 1.82) is 0 Å². The van der Waals surface area contributed by atoms with E-state index in [2.05, 4.69) is 29.2 Å². The van der Waals surface area contributed by atoms with E-state index in [9.17, 15) is 4.79 Å². The molecule has 1 aromatic carbocycles. The Hall–Kier alpha value is -2.35. The van der Waals surface area contributed by atoms with Gasteiger partial charge in [-0.1, -0.05) is 32.0 Å². The summed E-state index contributed by atoms with van der Waals surface area (Å²) >= 11 is 0. The third-order valence-corrected chi connectivity index (χ3v) is 5.26. The average Bonchev–Trinajstić information content (AvgIpc) is 3.14. The van der Waals surface area contributed by atoms with Gasteiger partial charge in [0.2, 0.25) is 0 Å². The third kappa shape index (κ3) is 5.11. The molecular weight excluding hydrogens is 437 g/mol. The van der Waals surface area contributed by atoms with Crippen LogP contribution in [-0.2, 0) is 6.54 Å². The summed E-state index contributed by atoms with van der Waals surface area (Å²) in [6.45, 7) is 7.18. The molecule has 2 aromatic heterocycles. The number of nitrogens with one attached hydrogen (secondary N) is 1. The number of pyridine rings is 1. The standard InChI is InChI=1S/C22H27N5O2.2ClH/c1-15(2)14-27-21-16(12-25-27)10-17(11-24-21)22(28)26-9-8-23-13-19(26)18-6-4-5-7-20(18)29-3;;/h4-7,10-12,15,19,23H,8-9,13-14H2,1-3H3;2*1H. The van der Waals surface area contributed by atoms with Gasteiger partial charge in [-0.15, -0.1) is 24.8 Å². The molecule has 1 unspecified atom stereocenters. The summed E-state index contributed by atoms with van der Waals surface area (Å²) in [6, 6.07) is 9.68. The number of piperazine rings is 1. The first-order valence-electron chi connectivity index (χ1n) is 10.0. The van der Waals surface area contributed by atoms with Crippen LogP contribution in [0.5, 0.6) is 5.75 Å². The molecule has 0 radical (unpaired) electrons.